The van der Waals surface area contributed by atoms with E-state index in [0.717, 1.165) is 19.3 Å². The summed E-state index contributed by atoms with van der Waals surface area (Å²) in [7, 11) is 0. The third-order valence-electron chi connectivity index (χ3n) is 2.12. The van der Waals surface area contributed by atoms with Crippen LogP contribution in [0.15, 0.2) is 0 Å². The van der Waals surface area contributed by atoms with Crippen LogP contribution in [0.2, 0.25) is 0 Å². The van der Waals surface area contributed by atoms with Crippen molar-refractivity contribution >= 4 is 5.91 Å². The van der Waals surface area contributed by atoms with E-state index in [2.05, 4.69) is 5.32 Å². The second-order valence-corrected chi connectivity index (χ2v) is 3.56. The summed E-state index contributed by atoms with van der Waals surface area (Å²) in [5.74, 6) is 0.0122. The van der Waals surface area contributed by atoms with Crippen molar-refractivity contribution in [3.63, 3.8) is 0 Å². The maximum absolute atomic E-state index is 11.3. The molecule has 0 aromatic rings. The van der Waals surface area contributed by atoms with E-state index in [-0.39, 0.29) is 18.1 Å². The first-order valence-electron chi connectivity index (χ1n) is 4.85. The monoisotopic (exact) mass is 186 g/mol. The lowest BCUT2D eigenvalue weighted by Crippen LogP contribution is -2.36. The summed E-state index contributed by atoms with van der Waals surface area (Å²) in [6.07, 6.45) is 2.45. The quantitative estimate of drug-likeness (QED) is 0.650. The summed E-state index contributed by atoms with van der Waals surface area (Å²) < 4.78 is 5.23. The van der Waals surface area contributed by atoms with Gasteiger partial charge in [-0.25, -0.2) is 0 Å². The van der Waals surface area contributed by atoms with Gasteiger partial charge < -0.3 is 15.8 Å². The van der Waals surface area contributed by atoms with Crippen LogP contribution in [0, 0.1) is 0 Å². The predicted octanol–water partition coefficient (Wildman–Crippen LogP) is 0.0189. The number of hydrogen-bond acceptors (Lipinski definition) is 3. The highest BCUT2D eigenvalue weighted by Gasteiger charge is 2.22. The van der Waals surface area contributed by atoms with Crippen molar-refractivity contribution < 1.29 is 9.53 Å². The van der Waals surface area contributed by atoms with Gasteiger partial charge in [-0.3, -0.25) is 4.79 Å². The van der Waals surface area contributed by atoms with Crippen LogP contribution in [0.1, 0.15) is 26.2 Å². The minimum atomic E-state index is -0.215. The molecular formula is C9H18N2O2. The Morgan fingerprint density at radius 1 is 1.77 bits per heavy atom. The highest BCUT2D eigenvalue weighted by atomic mass is 16.5. The van der Waals surface area contributed by atoms with Crippen molar-refractivity contribution in [3.05, 3.63) is 0 Å². The Bertz CT molecular complexity index is 165. The van der Waals surface area contributed by atoms with Crippen molar-refractivity contribution in [2.45, 2.75) is 38.3 Å². The van der Waals surface area contributed by atoms with Gasteiger partial charge >= 0.3 is 0 Å². The number of ether oxygens (including phenoxy) is 1. The number of nitrogens with one attached hydrogen (secondary N) is 1. The fourth-order valence-corrected chi connectivity index (χ4v) is 1.32. The SMILES string of the molecule is CC(N)CCNC(=O)[C@H]1CCCO1. The maximum Gasteiger partial charge on any atom is 0.249 e. The van der Waals surface area contributed by atoms with Crippen LogP contribution in [-0.4, -0.2) is 31.2 Å². The number of rotatable bonds is 4. The summed E-state index contributed by atoms with van der Waals surface area (Å²) >= 11 is 0. The van der Waals surface area contributed by atoms with E-state index < -0.39 is 0 Å². The first-order valence-corrected chi connectivity index (χ1v) is 4.85. The molecule has 1 amide bonds. The molecule has 76 valence electrons. The van der Waals surface area contributed by atoms with E-state index in [1.54, 1.807) is 0 Å². The van der Waals surface area contributed by atoms with Crippen molar-refractivity contribution in [1.82, 2.24) is 5.32 Å². The second kappa shape index (κ2) is 5.19. The Morgan fingerprint density at radius 3 is 3.08 bits per heavy atom. The number of hydrogen-bond donors (Lipinski definition) is 2. The van der Waals surface area contributed by atoms with Gasteiger partial charge in [-0.1, -0.05) is 0 Å². The molecular weight excluding hydrogens is 168 g/mol. The standard InChI is InChI=1S/C9H18N2O2/c1-7(10)4-5-11-9(12)8-3-2-6-13-8/h7-8H,2-6,10H2,1H3,(H,11,12)/t7?,8-/m1/s1. The number of carbonyl (C=O) groups is 1. The molecule has 0 spiro atoms. The van der Waals surface area contributed by atoms with Crippen molar-refractivity contribution in [2.75, 3.05) is 13.2 Å². The molecule has 1 aliphatic rings. The lowest BCUT2D eigenvalue weighted by molar-refractivity contribution is -0.130. The second-order valence-electron chi connectivity index (χ2n) is 3.56. The molecule has 3 N–H and O–H groups in total. The van der Waals surface area contributed by atoms with Crippen LogP contribution in [-0.2, 0) is 9.53 Å². The van der Waals surface area contributed by atoms with Gasteiger partial charge in [-0.05, 0) is 26.2 Å². The van der Waals surface area contributed by atoms with E-state index in [9.17, 15) is 4.79 Å². The van der Waals surface area contributed by atoms with Gasteiger partial charge in [0.05, 0.1) is 0 Å². The summed E-state index contributed by atoms with van der Waals surface area (Å²) in [5.41, 5.74) is 5.55. The highest BCUT2D eigenvalue weighted by Crippen LogP contribution is 2.11. The Labute approximate surface area is 78.8 Å². The predicted molar refractivity (Wildman–Crippen MR) is 50.3 cm³/mol. The van der Waals surface area contributed by atoms with Crippen molar-refractivity contribution in [2.24, 2.45) is 5.73 Å². The smallest absolute Gasteiger partial charge is 0.249 e. The molecule has 0 radical (unpaired) electrons. The third-order valence-corrected chi connectivity index (χ3v) is 2.12. The van der Waals surface area contributed by atoms with Gasteiger partial charge in [0.1, 0.15) is 6.10 Å². The van der Waals surface area contributed by atoms with Crippen LogP contribution in [0.4, 0.5) is 0 Å². The summed E-state index contributed by atoms with van der Waals surface area (Å²) in [6.45, 7) is 3.29. The Morgan fingerprint density at radius 2 is 2.54 bits per heavy atom. The van der Waals surface area contributed by atoms with Crippen LogP contribution >= 0.6 is 0 Å². The average molecular weight is 186 g/mol. The minimum Gasteiger partial charge on any atom is -0.368 e. The van der Waals surface area contributed by atoms with E-state index in [1.165, 1.54) is 0 Å². The van der Waals surface area contributed by atoms with Crippen LogP contribution in [0.3, 0.4) is 0 Å². The number of amides is 1. The fraction of sp³-hybridized carbons (Fsp3) is 0.889. The van der Waals surface area contributed by atoms with Crippen LogP contribution in [0.5, 0.6) is 0 Å². The van der Waals surface area contributed by atoms with E-state index in [0.29, 0.717) is 13.2 Å². The molecule has 0 aliphatic carbocycles. The van der Waals surface area contributed by atoms with Gasteiger partial charge in [0.25, 0.3) is 0 Å². The largest absolute Gasteiger partial charge is 0.368 e. The molecule has 1 fully saturated rings. The highest BCUT2D eigenvalue weighted by molar-refractivity contribution is 5.80. The topological polar surface area (TPSA) is 64.3 Å². The number of carbonyl (C=O) groups excluding carboxylic acids is 1. The molecule has 0 aromatic carbocycles. The third kappa shape index (κ3) is 3.74. The summed E-state index contributed by atoms with van der Waals surface area (Å²) in [5, 5.41) is 2.81. The molecule has 2 atom stereocenters. The van der Waals surface area contributed by atoms with Crippen LogP contribution < -0.4 is 11.1 Å². The lowest BCUT2D eigenvalue weighted by atomic mass is 10.2. The van der Waals surface area contributed by atoms with E-state index in [4.69, 9.17) is 10.5 Å². The Kier molecular flexibility index (Phi) is 4.18. The maximum atomic E-state index is 11.3. The van der Waals surface area contributed by atoms with Gasteiger partial charge in [0, 0.05) is 19.2 Å². The Hall–Kier alpha value is -0.610. The molecule has 1 unspecified atom stereocenters. The molecule has 1 aliphatic heterocycles. The molecule has 4 heteroatoms. The zero-order chi connectivity index (χ0) is 9.68. The first kappa shape index (κ1) is 10.5. The normalized spacial score (nSPS) is 24.3. The molecule has 4 nitrogen and oxygen atoms in total. The molecule has 13 heavy (non-hydrogen) atoms. The molecule has 1 rings (SSSR count). The zero-order valence-electron chi connectivity index (χ0n) is 8.08. The molecule has 1 saturated heterocycles. The first-order chi connectivity index (χ1) is 6.20. The fourth-order valence-electron chi connectivity index (χ4n) is 1.32. The Balaban J connectivity index is 2.10. The summed E-state index contributed by atoms with van der Waals surface area (Å²) in [6, 6.07) is 0.143. The van der Waals surface area contributed by atoms with Gasteiger partial charge in [0.2, 0.25) is 5.91 Å². The minimum absolute atomic E-state index is 0.0122. The van der Waals surface area contributed by atoms with Gasteiger partial charge in [-0.2, -0.15) is 0 Å². The van der Waals surface area contributed by atoms with Crippen molar-refractivity contribution in [3.8, 4) is 0 Å². The number of nitrogens with two attached hydrogens (primary N) is 1. The van der Waals surface area contributed by atoms with Gasteiger partial charge in [-0.15, -0.1) is 0 Å². The lowest BCUT2D eigenvalue weighted by Gasteiger charge is -2.11. The van der Waals surface area contributed by atoms with E-state index >= 15 is 0 Å². The summed E-state index contributed by atoms with van der Waals surface area (Å²) in [4.78, 5) is 11.3. The average Bonchev–Trinajstić information content (AvgIpc) is 2.55. The van der Waals surface area contributed by atoms with Crippen LogP contribution in [0.25, 0.3) is 0 Å². The van der Waals surface area contributed by atoms with Gasteiger partial charge in [0.15, 0.2) is 0 Å². The van der Waals surface area contributed by atoms with E-state index in [1.807, 2.05) is 6.92 Å². The molecule has 1 heterocycles. The molecule has 0 bridgehead atoms. The van der Waals surface area contributed by atoms with Crippen molar-refractivity contribution in [1.29, 1.82) is 0 Å². The molecule has 0 saturated carbocycles. The molecule has 0 aromatic heterocycles. The zero-order valence-corrected chi connectivity index (χ0v) is 8.08.